The molecule has 1 unspecified atom stereocenters. The molecular weight excluding hydrogens is 180 g/mol. The van der Waals surface area contributed by atoms with Crippen LogP contribution in [0.4, 0.5) is 0 Å². The molecule has 74 valence electrons. The molecule has 1 atom stereocenters. The number of rotatable bonds is 2. The summed E-state index contributed by atoms with van der Waals surface area (Å²) in [5.74, 6) is -0.00319. The van der Waals surface area contributed by atoms with E-state index < -0.39 is 11.6 Å². The SMILES string of the molecule is CC1(CC(=O)O)Cc2ccccc2O1. The Kier molecular flexibility index (Phi) is 1.95. The van der Waals surface area contributed by atoms with E-state index in [0.29, 0.717) is 6.42 Å². The zero-order chi connectivity index (χ0) is 10.2. The molecule has 0 amide bonds. The fraction of sp³-hybridized carbons (Fsp3) is 0.364. The molecule has 3 heteroatoms. The number of para-hydroxylation sites is 1. The summed E-state index contributed by atoms with van der Waals surface area (Å²) < 4.78 is 5.62. The summed E-state index contributed by atoms with van der Waals surface area (Å²) in [5.41, 5.74) is 0.520. The normalized spacial score (nSPS) is 24.1. The number of benzene rings is 1. The van der Waals surface area contributed by atoms with Crippen LogP contribution in [0.3, 0.4) is 0 Å². The highest BCUT2D eigenvalue weighted by Gasteiger charge is 2.36. The third kappa shape index (κ3) is 1.58. The van der Waals surface area contributed by atoms with E-state index in [4.69, 9.17) is 9.84 Å². The van der Waals surface area contributed by atoms with E-state index in [0.717, 1.165) is 11.3 Å². The highest BCUT2D eigenvalue weighted by Crippen LogP contribution is 2.36. The van der Waals surface area contributed by atoms with Crippen LogP contribution in [0.2, 0.25) is 0 Å². The molecule has 0 spiro atoms. The largest absolute Gasteiger partial charge is 0.486 e. The van der Waals surface area contributed by atoms with Crippen LogP contribution in [0.1, 0.15) is 18.9 Å². The number of hydrogen-bond donors (Lipinski definition) is 1. The Hall–Kier alpha value is -1.51. The minimum Gasteiger partial charge on any atom is -0.486 e. The fourth-order valence-corrected chi connectivity index (χ4v) is 1.87. The Balaban J connectivity index is 2.21. The van der Waals surface area contributed by atoms with Crippen molar-refractivity contribution in [2.45, 2.75) is 25.4 Å². The summed E-state index contributed by atoms with van der Waals surface area (Å²) in [4.78, 5) is 10.6. The molecule has 0 fully saturated rings. The minimum atomic E-state index is -0.819. The van der Waals surface area contributed by atoms with Crippen LogP contribution in [0, 0.1) is 0 Å². The summed E-state index contributed by atoms with van der Waals surface area (Å²) in [6.07, 6.45) is 0.719. The van der Waals surface area contributed by atoms with E-state index in [1.807, 2.05) is 31.2 Å². The van der Waals surface area contributed by atoms with E-state index in [2.05, 4.69) is 0 Å². The van der Waals surface area contributed by atoms with Gasteiger partial charge in [0, 0.05) is 6.42 Å². The fourth-order valence-electron chi connectivity index (χ4n) is 1.87. The summed E-state index contributed by atoms with van der Waals surface area (Å²) in [5, 5.41) is 8.74. The molecule has 0 bridgehead atoms. The number of ether oxygens (including phenoxy) is 1. The molecule has 0 radical (unpaired) electrons. The lowest BCUT2D eigenvalue weighted by Crippen LogP contribution is -2.33. The maximum Gasteiger partial charge on any atom is 0.307 e. The molecule has 1 aromatic rings. The van der Waals surface area contributed by atoms with Gasteiger partial charge < -0.3 is 9.84 Å². The lowest BCUT2D eigenvalue weighted by Gasteiger charge is -2.21. The molecule has 0 saturated carbocycles. The summed E-state index contributed by atoms with van der Waals surface area (Å²) >= 11 is 0. The Morgan fingerprint density at radius 3 is 2.93 bits per heavy atom. The van der Waals surface area contributed by atoms with E-state index in [9.17, 15) is 4.79 Å². The molecule has 0 aliphatic carbocycles. The van der Waals surface area contributed by atoms with Crippen molar-refractivity contribution in [2.75, 3.05) is 0 Å². The van der Waals surface area contributed by atoms with Crippen molar-refractivity contribution >= 4 is 5.97 Å². The van der Waals surface area contributed by atoms with Gasteiger partial charge >= 0.3 is 5.97 Å². The Morgan fingerprint density at radius 2 is 2.29 bits per heavy atom. The Morgan fingerprint density at radius 1 is 1.57 bits per heavy atom. The van der Waals surface area contributed by atoms with Gasteiger partial charge in [-0.2, -0.15) is 0 Å². The maximum atomic E-state index is 10.6. The van der Waals surface area contributed by atoms with Crippen LogP contribution in [0.25, 0.3) is 0 Å². The topological polar surface area (TPSA) is 46.5 Å². The third-order valence-corrected chi connectivity index (χ3v) is 2.42. The second-order valence-electron chi connectivity index (χ2n) is 3.91. The summed E-state index contributed by atoms with van der Waals surface area (Å²) in [6.45, 7) is 1.83. The molecule has 1 aliphatic heterocycles. The molecular formula is C11H12O3. The second kappa shape index (κ2) is 3.01. The predicted molar refractivity (Wildman–Crippen MR) is 51.4 cm³/mol. The van der Waals surface area contributed by atoms with E-state index in [1.54, 1.807) is 0 Å². The van der Waals surface area contributed by atoms with Crippen molar-refractivity contribution in [1.82, 2.24) is 0 Å². The van der Waals surface area contributed by atoms with E-state index >= 15 is 0 Å². The highest BCUT2D eigenvalue weighted by atomic mass is 16.5. The molecule has 14 heavy (non-hydrogen) atoms. The number of fused-ring (bicyclic) bond motifs is 1. The van der Waals surface area contributed by atoms with E-state index in [-0.39, 0.29) is 6.42 Å². The van der Waals surface area contributed by atoms with Gasteiger partial charge in [0.25, 0.3) is 0 Å². The zero-order valence-corrected chi connectivity index (χ0v) is 7.99. The van der Waals surface area contributed by atoms with Gasteiger partial charge in [-0.05, 0) is 18.6 Å². The highest BCUT2D eigenvalue weighted by molar-refractivity contribution is 5.68. The molecule has 1 aliphatic rings. The maximum absolute atomic E-state index is 10.6. The van der Waals surface area contributed by atoms with Crippen molar-refractivity contribution in [2.24, 2.45) is 0 Å². The standard InChI is InChI=1S/C11H12O3/c1-11(7-10(12)13)6-8-4-2-3-5-9(8)14-11/h2-5H,6-7H2,1H3,(H,12,13). The average molecular weight is 192 g/mol. The number of carbonyl (C=O) groups is 1. The monoisotopic (exact) mass is 192 g/mol. The van der Waals surface area contributed by atoms with Crippen LogP contribution < -0.4 is 4.74 Å². The average Bonchev–Trinajstić information content (AvgIpc) is 2.38. The molecule has 2 rings (SSSR count). The van der Waals surface area contributed by atoms with Crippen LogP contribution in [0.5, 0.6) is 5.75 Å². The summed E-state index contributed by atoms with van der Waals surface area (Å²) in [7, 11) is 0. The molecule has 1 aromatic carbocycles. The van der Waals surface area contributed by atoms with Gasteiger partial charge in [0.1, 0.15) is 11.4 Å². The third-order valence-electron chi connectivity index (χ3n) is 2.42. The summed E-state index contributed by atoms with van der Waals surface area (Å²) in [6, 6.07) is 7.69. The number of aliphatic carboxylic acids is 1. The first-order valence-corrected chi connectivity index (χ1v) is 4.58. The van der Waals surface area contributed by atoms with Crippen molar-refractivity contribution in [3.05, 3.63) is 29.8 Å². The van der Waals surface area contributed by atoms with Crippen LogP contribution in [0.15, 0.2) is 24.3 Å². The lowest BCUT2D eigenvalue weighted by molar-refractivity contribution is -0.140. The lowest BCUT2D eigenvalue weighted by atomic mass is 9.96. The Bertz CT molecular complexity index is 346. The first-order chi connectivity index (χ1) is 6.59. The van der Waals surface area contributed by atoms with Gasteiger partial charge in [0.15, 0.2) is 0 Å². The van der Waals surface area contributed by atoms with Crippen LogP contribution in [-0.2, 0) is 11.2 Å². The van der Waals surface area contributed by atoms with Gasteiger partial charge in [-0.3, -0.25) is 4.79 Å². The minimum absolute atomic E-state index is 0.0433. The van der Waals surface area contributed by atoms with Crippen LogP contribution >= 0.6 is 0 Å². The smallest absolute Gasteiger partial charge is 0.307 e. The number of carboxylic acids is 1. The van der Waals surface area contributed by atoms with Crippen molar-refractivity contribution in [3.8, 4) is 5.75 Å². The zero-order valence-electron chi connectivity index (χ0n) is 7.99. The van der Waals surface area contributed by atoms with Gasteiger partial charge in [-0.15, -0.1) is 0 Å². The second-order valence-corrected chi connectivity index (χ2v) is 3.91. The molecule has 0 saturated heterocycles. The predicted octanol–water partition coefficient (Wildman–Crippen LogP) is 1.85. The molecule has 1 heterocycles. The molecule has 1 N–H and O–H groups in total. The van der Waals surface area contributed by atoms with Gasteiger partial charge in [0.05, 0.1) is 6.42 Å². The van der Waals surface area contributed by atoms with Crippen molar-refractivity contribution in [3.63, 3.8) is 0 Å². The number of carboxylic acid groups (broad SMARTS) is 1. The first-order valence-electron chi connectivity index (χ1n) is 4.58. The molecule has 0 aromatic heterocycles. The van der Waals surface area contributed by atoms with Crippen molar-refractivity contribution < 1.29 is 14.6 Å². The first kappa shape index (κ1) is 9.06. The Labute approximate surface area is 82.3 Å². The van der Waals surface area contributed by atoms with Crippen molar-refractivity contribution in [1.29, 1.82) is 0 Å². The van der Waals surface area contributed by atoms with Crippen LogP contribution in [-0.4, -0.2) is 16.7 Å². The van der Waals surface area contributed by atoms with E-state index in [1.165, 1.54) is 0 Å². The van der Waals surface area contributed by atoms with Gasteiger partial charge in [-0.25, -0.2) is 0 Å². The van der Waals surface area contributed by atoms with Gasteiger partial charge in [-0.1, -0.05) is 18.2 Å². The van der Waals surface area contributed by atoms with Gasteiger partial charge in [0.2, 0.25) is 0 Å². The quantitative estimate of drug-likeness (QED) is 0.777. The molecule has 3 nitrogen and oxygen atoms in total. The number of hydrogen-bond acceptors (Lipinski definition) is 2.